The standard InChI is InChI=1S/C15H24IN3O3.HI/c1-3-17-15(18-8-9-21-2)19-10-13(20)11-22-14-6-4-12(16)5-7-14;/h4-7,13,20H,3,8-11H2,1-2H3,(H2,17,18,19);1H. The van der Waals surface area contributed by atoms with Crippen LogP contribution in [0.4, 0.5) is 0 Å². The van der Waals surface area contributed by atoms with Gasteiger partial charge in [0.1, 0.15) is 18.5 Å². The highest BCUT2D eigenvalue weighted by Gasteiger charge is 2.06. The van der Waals surface area contributed by atoms with Crippen molar-refractivity contribution in [1.82, 2.24) is 10.6 Å². The molecule has 0 aliphatic rings. The molecule has 23 heavy (non-hydrogen) atoms. The molecule has 1 unspecified atom stereocenters. The van der Waals surface area contributed by atoms with Gasteiger partial charge < -0.3 is 25.2 Å². The Morgan fingerprint density at radius 1 is 1.30 bits per heavy atom. The Kier molecular flexibility index (Phi) is 13.8. The van der Waals surface area contributed by atoms with Crippen molar-refractivity contribution in [3.63, 3.8) is 0 Å². The van der Waals surface area contributed by atoms with Crippen molar-refractivity contribution >= 4 is 52.5 Å². The van der Waals surface area contributed by atoms with Crippen LogP contribution in [0.5, 0.6) is 5.75 Å². The number of ether oxygens (including phenoxy) is 2. The van der Waals surface area contributed by atoms with Gasteiger partial charge in [0.15, 0.2) is 5.96 Å². The first-order valence-electron chi connectivity index (χ1n) is 7.23. The molecule has 0 fully saturated rings. The first-order valence-corrected chi connectivity index (χ1v) is 8.31. The summed E-state index contributed by atoms with van der Waals surface area (Å²) in [6, 6.07) is 7.69. The number of aliphatic hydroxyl groups is 1. The number of methoxy groups -OCH3 is 1. The van der Waals surface area contributed by atoms with E-state index in [1.807, 2.05) is 31.2 Å². The van der Waals surface area contributed by atoms with Crippen LogP contribution >= 0.6 is 46.6 Å². The van der Waals surface area contributed by atoms with Crippen LogP contribution in [-0.2, 0) is 4.74 Å². The van der Waals surface area contributed by atoms with Crippen LogP contribution in [0.15, 0.2) is 29.3 Å². The van der Waals surface area contributed by atoms with Gasteiger partial charge in [0.05, 0.1) is 13.2 Å². The molecule has 3 N–H and O–H groups in total. The van der Waals surface area contributed by atoms with Gasteiger partial charge in [-0.2, -0.15) is 0 Å². The molecule has 0 radical (unpaired) electrons. The molecule has 1 aromatic carbocycles. The zero-order valence-electron chi connectivity index (χ0n) is 13.4. The van der Waals surface area contributed by atoms with E-state index in [0.29, 0.717) is 19.1 Å². The maximum Gasteiger partial charge on any atom is 0.191 e. The fraction of sp³-hybridized carbons (Fsp3) is 0.533. The molecule has 0 aromatic heterocycles. The van der Waals surface area contributed by atoms with Crippen LogP contribution in [0.2, 0.25) is 0 Å². The summed E-state index contributed by atoms with van der Waals surface area (Å²) in [6.07, 6.45) is -0.655. The summed E-state index contributed by atoms with van der Waals surface area (Å²) in [5, 5.41) is 16.2. The third-order valence-electron chi connectivity index (χ3n) is 2.66. The van der Waals surface area contributed by atoms with E-state index in [9.17, 15) is 5.11 Å². The van der Waals surface area contributed by atoms with Crippen LogP contribution in [-0.4, -0.2) is 57.1 Å². The van der Waals surface area contributed by atoms with E-state index in [1.165, 1.54) is 0 Å². The normalized spacial score (nSPS) is 12.3. The minimum Gasteiger partial charge on any atom is -0.491 e. The van der Waals surface area contributed by atoms with Crippen molar-refractivity contribution in [2.75, 3.05) is 40.0 Å². The highest BCUT2D eigenvalue weighted by molar-refractivity contribution is 14.1. The maximum absolute atomic E-state index is 9.94. The molecule has 0 aliphatic carbocycles. The third-order valence-corrected chi connectivity index (χ3v) is 3.38. The van der Waals surface area contributed by atoms with Crippen molar-refractivity contribution in [3.8, 4) is 5.75 Å². The van der Waals surface area contributed by atoms with Gasteiger partial charge in [-0.3, -0.25) is 4.99 Å². The zero-order chi connectivity index (χ0) is 16.2. The van der Waals surface area contributed by atoms with E-state index >= 15 is 0 Å². The Balaban J connectivity index is 0.00000484. The van der Waals surface area contributed by atoms with Crippen molar-refractivity contribution in [1.29, 1.82) is 0 Å². The highest BCUT2D eigenvalue weighted by atomic mass is 127. The van der Waals surface area contributed by atoms with Gasteiger partial charge in [-0.25, -0.2) is 0 Å². The number of hydrogen-bond donors (Lipinski definition) is 3. The van der Waals surface area contributed by atoms with E-state index in [-0.39, 0.29) is 37.1 Å². The number of guanidine groups is 1. The second kappa shape index (κ2) is 14.1. The lowest BCUT2D eigenvalue weighted by atomic mass is 10.3. The van der Waals surface area contributed by atoms with Gasteiger partial charge in [0.2, 0.25) is 0 Å². The SMILES string of the molecule is CCNC(=NCC(O)COc1ccc(I)cc1)NCCOC.I. The van der Waals surface area contributed by atoms with Crippen molar-refractivity contribution in [3.05, 3.63) is 27.8 Å². The van der Waals surface area contributed by atoms with Crippen LogP contribution in [0.25, 0.3) is 0 Å². The van der Waals surface area contributed by atoms with Crippen molar-refractivity contribution in [2.45, 2.75) is 13.0 Å². The van der Waals surface area contributed by atoms with E-state index in [4.69, 9.17) is 9.47 Å². The average Bonchev–Trinajstić information content (AvgIpc) is 2.52. The molecule has 0 heterocycles. The largest absolute Gasteiger partial charge is 0.491 e. The summed E-state index contributed by atoms with van der Waals surface area (Å²) < 4.78 is 11.7. The third kappa shape index (κ3) is 11.0. The van der Waals surface area contributed by atoms with Crippen LogP contribution in [0.1, 0.15) is 6.92 Å². The molecular formula is C15H25I2N3O3. The minimum absolute atomic E-state index is 0. The summed E-state index contributed by atoms with van der Waals surface area (Å²) in [4.78, 5) is 4.32. The quantitative estimate of drug-likeness (QED) is 0.190. The molecule has 0 saturated carbocycles. The molecule has 0 amide bonds. The predicted octanol–water partition coefficient (Wildman–Crippen LogP) is 1.85. The van der Waals surface area contributed by atoms with E-state index in [0.717, 1.165) is 15.9 Å². The monoisotopic (exact) mass is 549 g/mol. The number of nitrogens with zero attached hydrogens (tertiary/aromatic N) is 1. The minimum atomic E-state index is -0.655. The molecule has 132 valence electrons. The van der Waals surface area contributed by atoms with Crippen LogP contribution < -0.4 is 15.4 Å². The Bertz CT molecular complexity index is 444. The molecule has 1 rings (SSSR count). The highest BCUT2D eigenvalue weighted by Crippen LogP contribution is 2.13. The Morgan fingerprint density at radius 3 is 2.61 bits per heavy atom. The molecule has 0 saturated heterocycles. The van der Waals surface area contributed by atoms with Crippen LogP contribution in [0.3, 0.4) is 0 Å². The lowest BCUT2D eigenvalue weighted by Crippen LogP contribution is -2.39. The summed E-state index contributed by atoms with van der Waals surface area (Å²) in [6.45, 7) is 4.49. The first kappa shape index (κ1) is 22.7. The van der Waals surface area contributed by atoms with E-state index in [1.54, 1.807) is 7.11 Å². The zero-order valence-corrected chi connectivity index (χ0v) is 17.9. The molecular weight excluding hydrogens is 524 g/mol. The van der Waals surface area contributed by atoms with Gasteiger partial charge in [-0.05, 0) is 53.8 Å². The predicted molar refractivity (Wildman–Crippen MR) is 112 cm³/mol. The maximum atomic E-state index is 9.94. The molecule has 1 atom stereocenters. The van der Waals surface area contributed by atoms with Gasteiger partial charge in [0, 0.05) is 23.8 Å². The smallest absolute Gasteiger partial charge is 0.191 e. The van der Waals surface area contributed by atoms with Gasteiger partial charge in [-0.1, -0.05) is 0 Å². The Labute approximate surface area is 168 Å². The number of aliphatic hydroxyl groups excluding tert-OH is 1. The molecule has 1 aromatic rings. The molecule has 0 bridgehead atoms. The number of nitrogens with one attached hydrogen (secondary N) is 2. The topological polar surface area (TPSA) is 75.1 Å². The number of hydrogen-bond acceptors (Lipinski definition) is 4. The summed E-state index contributed by atoms with van der Waals surface area (Å²) in [7, 11) is 1.65. The average molecular weight is 549 g/mol. The van der Waals surface area contributed by atoms with E-state index < -0.39 is 6.10 Å². The second-order valence-corrected chi connectivity index (χ2v) is 5.80. The number of aliphatic imine (C=N–C) groups is 1. The van der Waals surface area contributed by atoms with E-state index in [2.05, 4.69) is 38.2 Å². The summed E-state index contributed by atoms with van der Waals surface area (Å²) in [5.74, 6) is 1.40. The summed E-state index contributed by atoms with van der Waals surface area (Å²) >= 11 is 2.23. The Morgan fingerprint density at radius 2 is 2.00 bits per heavy atom. The molecule has 0 aliphatic heterocycles. The summed E-state index contributed by atoms with van der Waals surface area (Å²) in [5.41, 5.74) is 0. The van der Waals surface area contributed by atoms with Crippen molar-refractivity contribution < 1.29 is 14.6 Å². The fourth-order valence-corrected chi connectivity index (χ4v) is 1.95. The lowest BCUT2D eigenvalue weighted by molar-refractivity contribution is 0.114. The molecule has 8 heteroatoms. The number of halogens is 2. The second-order valence-electron chi connectivity index (χ2n) is 4.56. The van der Waals surface area contributed by atoms with Crippen molar-refractivity contribution in [2.24, 2.45) is 4.99 Å². The lowest BCUT2D eigenvalue weighted by Gasteiger charge is -2.13. The Hall–Kier alpha value is -0.330. The van der Waals surface area contributed by atoms with Gasteiger partial charge in [0.25, 0.3) is 0 Å². The number of rotatable bonds is 9. The van der Waals surface area contributed by atoms with Crippen LogP contribution in [0, 0.1) is 3.57 Å². The van der Waals surface area contributed by atoms with Gasteiger partial charge in [-0.15, -0.1) is 24.0 Å². The first-order chi connectivity index (χ1) is 10.7. The molecule has 6 nitrogen and oxygen atoms in total. The van der Waals surface area contributed by atoms with Gasteiger partial charge >= 0.3 is 0 Å². The number of benzene rings is 1. The molecule has 0 spiro atoms. The fourth-order valence-electron chi connectivity index (χ4n) is 1.59.